The van der Waals surface area contributed by atoms with Crippen molar-refractivity contribution in [3.8, 4) is 0 Å². The Morgan fingerprint density at radius 1 is 1.11 bits per heavy atom. The Bertz CT molecular complexity index is 626. The molecular formula is C15H18ClN3. The van der Waals surface area contributed by atoms with Gasteiger partial charge in [-0.3, -0.25) is 0 Å². The van der Waals surface area contributed by atoms with Crippen molar-refractivity contribution in [2.45, 2.75) is 57.3 Å². The summed E-state index contributed by atoms with van der Waals surface area (Å²) in [7, 11) is 0. The van der Waals surface area contributed by atoms with Crippen LogP contribution in [0.3, 0.4) is 0 Å². The van der Waals surface area contributed by atoms with Gasteiger partial charge in [0, 0.05) is 23.2 Å². The average molecular weight is 276 g/mol. The van der Waals surface area contributed by atoms with Gasteiger partial charge < -0.3 is 0 Å². The lowest BCUT2D eigenvalue weighted by Crippen LogP contribution is -2.05. The summed E-state index contributed by atoms with van der Waals surface area (Å²) in [4.78, 5) is 4.75. The summed E-state index contributed by atoms with van der Waals surface area (Å²) >= 11 is 6.50. The molecule has 2 heterocycles. The lowest BCUT2D eigenvalue weighted by Gasteiger charge is -2.19. The van der Waals surface area contributed by atoms with Gasteiger partial charge in [0.25, 0.3) is 0 Å². The molecule has 2 aromatic rings. The Balaban J connectivity index is 1.81. The number of hydrogen-bond donors (Lipinski definition) is 0. The Morgan fingerprint density at radius 2 is 1.95 bits per heavy atom. The minimum Gasteiger partial charge on any atom is -0.233 e. The van der Waals surface area contributed by atoms with Gasteiger partial charge in [0.1, 0.15) is 5.15 Å². The SMILES string of the molecule is Clc1c2c(nc3cc(C4CCCCC4)nn13)CCC2. The molecule has 19 heavy (non-hydrogen) atoms. The number of aromatic nitrogens is 3. The van der Waals surface area contributed by atoms with E-state index >= 15 is 0 Å². The molecule has 2 aromatic heterocycles. The van der Waals surface area contributed by atoms with Gasteiger partial charge in [-0.25, -0.2) is 9.50 Å². The molecule has 0 radical (unpaired) electrons. The van der Waals surface area contributed by atoms with Crippen LogP contribution in [0.1, 0.15) is 61.4 Å². The Hall–Kier alpha value is -1.09. The summed E-state index contributed by atoms with van der Waals surface area (Å²) < 4.78 is 1.86. The van der Waals surface area contributed by atoms with E-state index in [-0.39, 0.29) is 0 Å². The number of nitrogens with zero attached hydrogens (tertiary/aromatic N) is 3. The number of aryl methyl sites for hydroxylation is 1. The summed E-state index contributed by atoms with van der Waals surface area (Å²) in [6, 6.07) is 2.15. The molecule has 2 aliphatic rings. The van der Waals surface area contributed by atoms with E-state index in [1.807, 2.05) is 4.52 Å². The summed E-state index contributed by atoms with van der Waals surface area (Å²) in [6.45, 7) is 0. The van der Waals surface area contributed by atoms with Gasteiger partial charge in [0.05, 0.1) is 5.69 Å². The summed E-state index contributed by atoms with van der Waals surface area (Å²) in [5.74, 6) is 0.612. The maximum atomic E-state index is 6.50. The van der Waals surface area contributed by atoms with Gasteiger partial charge in [-0.05, 0) is 32.1 Å². The first kappa shape index (κ1) is 11.7. The van der Waals surface area contributed by atoms with Crippen molar-refractivity contribution in [3.05, 3.63) is 28.2 Å². The molecule has 100 valence electrons. The molecule has 4 rings (SSSR count). The monoisotopic (exact) mass is 275 g/mol. The Kier molecular flexibility index (Phi) is 2.76. The van der Waals surface area contributed by atoms with E-state index in [2.05, 4.69) is 6.07 Å². The van der Waals surface area contributed by atoms with Crippen molar-refractivity contribution in [1.82, 2.24) is 14.6 Å². The Labute approximate surface area is 118 Å². The molecule has 0 N–H and O–H groups in total. The van der Waals surface area contributed by atoms with Crippen LogP contribution < -0.4 is 0 Å². The van der Waals surface area contributed by atoms with E-state index in [1.54, 1.807) is 0 Å². The Morgan fingerprint density at radius 3 is 2.79 bits per heavy atom. The van der Waals surface area contributed by atoms with Crippen LogP contribution in [0.5, 0.6) is 0 Å². The lowest BCUT2D eigenvalue weighted by atomic mass is 9.87. The maximum absolute atomic E-state index is 6.50. The third kappa shape index (κ3) is 1.86. The van der Waals surface area contributed by atoms with Gasteiger partial charge in [-0.2, -0.15) is 5.10 Å². The third-order valence-corrected chi connectivity index (χ3v) is 4.99. The van der Waals surface area contributed by atoms with E-state index in [0.29, 0.717) is 5.92 Å². The molecule has 1 fully saturated rings. The second-order valence-corrected chi connectivity index (χ2v) is 6.21. The predicted octanol–water partition coefficient (Wildman–Crippen LogP) is 3.92. The van der Waals surface area contributed by atoms with Gasteiger partial charge in [-0.15, -0.1) is 0 Å². The molecule has 0 bridgehead atoms. The molecule has 0 aromatic carbocycles. The minimum absolute atomic E-state index is 0.612. The van der Waals surface area contributed by atoms with Gasteiger partial charge >= 0.3 is 0 Å². The summed E-state index contributed by atoms with van der Waals surface area (Å²) in [5.41, 5.74) is 4.53. The molecule has 0 atom stereocenters. The van der Waals surface area contributed by atoms with Crippen LogP contribution in [0.15, 0.2) is 6.07 Å². The second-order valence-electron chi connectivity index (χ2n) is 5.86. The maximum Gasteiger partial charge on any atom is 0.157 e. The quantitative estimate of drug-likeness (QED) is 0.739. The van der Waals surface area contributed by atoms with E-state index < -0.39 is 0 Å². The van der Waals surface area contributed by atoms with Crippen LogP contribution in [-0.4, -0.2) is 14.6 Å². The third-order valence-electron chi connectivity index (χ3n) is 4.61. The highest BCUT2D eigenvalue weighted by molar-refractivity contribution is 6.30. The highest BCUT2D eigenvalue weighted by Crippen LogP contribution is 2.34. The lowest BCUT2D eigenvalue weighted by molar-refractivity contribution is 0.435. The van der Waals surface area contributed by atoms with Crippen LogP contribution in [0.25, 0.3) is 5.65 Å². The van der Waals surface area contributed by atoms with Gasteiger partial charge in [0.2, 0.25) is 0 Å². The summed E-state index contributed by atoms with van der Waals surface area (Å²) in [6.07, 6.45) is 9.85. The fourth-order valence-electron chi connectivity index (χ4n) is 3.55. The fourth-order valence-corrected chi connectivity index (χ4v) is 3.88. The van der Waals surface area contributed by atoms with Crippen LogP contribution in [0.2, 0.25) is 5.15 Å². The van der Waals surface area contributed by atoms with Crippen molar-refractivity contribution in [1.29, 1.82) is 0 Å². The fraction of sp³-hybridized carbons (Fsp3) is 0.600. The average Bonchev–Trinajstić information content (AvgIpc) is 3.06. The van der Waals surface area contributed by atoms with Gasteiger partial charge in [0.15, 0.2) is 5.65 Å². The van der Waals surface area contributed by atoms with Crippen molar-refractivity contribution >= 4 is 17.2 Å². The minimum atomic E-state index is 0.612. The largest absolute Gasteiger partial charge is 0.233 e. The first-order valence-corrected chi connectivity index (χ1v) is 7.77. The zero-order valence-corrected chi connectivity index (χ0v) is 11.8. The van der Waals surface area contributed by atoms with E-state index in [9.17, 15) is 0 Å². The van der Waals surface area contributed by atoms with Crippen molar-refractivity contribution in [3.63, 3.8) is 0 Å². The zero-order valence-electron chi connectivity index (χ0n) is 11.0. The number of fused-ring (bicyclic) bond motifs is 2. The van der Waals surface area contributed by atoms with Crippen LogP contribution in [0.4, 0.5) is 0 Å². The van der Waals surface area contributed by atoms with Gasteiger partial charge in [-0.1, -0.05) is 30.9 Å². The molecule has 0 saturated heterocycles. The topological polar surface area (TPSA) is 30.2 Å². The highest BCUT2D eigenvalue weighted by Gasteiger charge is 2.23. The zero-order chi connectivity index (χ0) is 12.8. The molecule has 1 saturated carbocycles. The van der Waals surface area contributed by atoms with Crippen LogP contribution in [-0.2, 0) is 12.8 Å². The first-order valence-electron chi connectivity index (χ1n) is 7.40. The van der Waals surface area contributed by atoms with Crippen LogP contribution in [0, 0.1) is 0 Å². The van der Waals surface area contributed by atoms with Crippen molar-refractivity contribution in [2.24, 2.45) is 0 Å². The first-order chi connectivity index (χ1) is 9.33. The smallest absolute Gasteiger partial charge is 0.157 e. The molecule has 0 amide bonds. The van der Waals surface area contributed by atoms with E-state index in [0.717, 1.165) is 23.6 Å². The van der Waals surface area contributed by atoms with Crippen molar-refractivity contribution < 1.29 is 0 Å². The van der Waals surface area contributed by atoms with Crippen molar-refractivity contribution in [2.75, 3.05) is 0 Å². The molecule has 0 aliphatic heterocycles. The molecule has 0 spiro atoms. The van der Waals surface area contributed by atoms with Crippen LogP contribution >= 0.6 is 11.6 Å². The second kappa shape index (κ2) is 4.48. The number of hydrogen-bond acceptors (Lipinski definition) is 2. The number of rotatable bonds is 1. The predicted molar refractivity (Wildman–Crippen MR) is 75.8 cm³/mol. The molecule has 3 nitrogen and oxygen atoms in total. The highest BCUT2D eigenvalue weighted by atomic mass is 35.5. The number of halogens is 1. The summed E-state index contributed by atoms with van der Waals surface area (Å²) in [5, 5.41) is 5.53. The normalized spacial score (nSPS) is 20.1. The molecule has 0 unspecified atom stereocenters. The molecule has 2 aliphatic carbocycles. The van der Waals surface area contributed by atoms with E-state index in [4.69, 9.17) is 21.7 Å². The van der Waals surface area contributed by atoms with E-state index in [1.165, 1.54) is 55.5 Å². The molecule has 4 heteroatoms. The standard InChI is InChI=1S/C15H18ClN3/c16-15-11-7-4-8-12(11)17-14-9-13(18-19(14)15)10-5-2-1-3-6-10/h9-10H,1-8H2. The molecular weight excluding hydrogens is 258 g/mol.